The maximum Gasteiger partial charge on any atom is 0.276 e. The van der Waals surface area contributed by atoms with Crippen LogP contribution in [0.3, 0.4) is 0 Å². The summed E-state index contributed by atoms with van der Waals surface area (Å²) in [5.74, 6) is 1.33. The highest BCUT2D eigenvalue weighted by Crippen LogP contribution is 2.30. The maximum absolute atomic E-state index is 13.5. The molecular formula is C36H38N4O7. The van der Waals surface area contributed by atoms with E-state index in [1.165, 1.54) is 4.90 Å². The molecule has 0 spiro atoms. The predicted molar refractivity (Wildman–Crippen MR) is 173 cm³/mol. The number of likely N-dealkylation sites (tertiary alicyclic amines) is 1. The summed E-state index contributed by atoms with van der Waals surface area (Å²) in [6, 6.07) is 23.2. The molecular weight excluding hydrogens is 600 g/mol. The van der Waals surface area contributed by atoms with Gasteiger partial charge < -0.3 is 33.9 Å². The summed E-state index contributed by atoms with van der Waals surface area (Å²) < 4.78 is 24.0. The van der Waals surface area contributed by atoms with Crippen molar-refractivity contribution in [3.63, 3.8) is 0 Å². The number of nitrogens with one attached hydrogen (secondary N) is 1. The van der Waals surface area contributed by atoms with Crippen LogP contribution in [0.15, 0.2) is 83.4 Å². The number of carbonyl (C=O) groups excluding carboxylic acids is 3. The smallest absolute Gasteiger partial charge is 0.276 e. The molecule has 0 unspecified atom stereocenters. The third-order valence-corrected chi connectivity index (χ3v) is 8.02. The number of piperidine rings is 1. The van der Waals surface area contributed by atoms with Gasteiger partial charge in [0.15, 0.2) is 11.5 Å². The van der Waals surface area contributed by atoms with Crippen LogP contribution < -0.4 is 14.8 Å². The Morgan fingerprint density at radius 3 is 2.64 bits per heavy atom. The number of amides is 3. The monoisotopic (exact) mass is 638 g/mol. The molecule has 11 heteroatoms. The van der Waals surface area contributed by atoms with Gasteiger partial charge in [0.25, 0.3) is 11.8 Å². The van der Waals surface area contributed by atoms with Crippen molar-refractivity contribution in [3.05, 3.63) is 95.7 Å². The highest BCUT2D eigenvalue weighted by atomic mass is 16.5. The van der Waals surface area contributed by atoms with Crippen LogP contribution in [0.1, 0.15) is 46.7 Å². The van der Waals surface area contributed by atoms with Crippen molar-refractivity contribution in [1.82, 2.24) is 20.3 Å². The van der Waals surface area contributed by atoms with Crippen LogP contribution in [0.5, 0.6) is 17.2 Å². The van der Waals surface area contributed by atoms with Gasteiger partial charge in [-0.05, 0) is 42.2 Å². The fourth-order valence-electron chi connectivity index (χ4n) is 5.61. The SMILES string of the molecule is CC(C)COc1cc2cc(c1)C(=O)N(C)CC(=O)N[C@H]1CCN(C(=O)c3cc(-c4ccccc4)on3)C[C@@H]1OCc1cccc(c1)O2. The van der Waals surface area contributed by atoms with Crippen LogP contribution in [0, 0.1) is 5.92 Å². The van der Waals surface area contributed by atoms with Gasteiger partial charge in [-0.25, -0.2) is 0 Å². The van der Waals surface area contributed by atoms with Gasteiger partial charge in [-0.15, -0.1) is 0 Å². The largest absolute Gasteiger partial charge is 0.493 e. The third-order valence-electron chi connectivity index (χ3n) is 8.02. The second kappa shape index (κ2) is 14.1. The Labute approximate surface area is 273 Å². The molecule has 1 N–H and O–H groups in total. The first-order chi connectivity index (χ1) is 22.7. The Morgan fingerprint density at radius 2 is 1.83 bits per heavy atom. The molecule has 3 amide bonds. The lowest BCUT2D eigenvalue weighted by atomic mass is 10.0. The minimum atomic E-state index is -0.524. The van der Waals surface area contributed by atoms with E-state index in [0.29, 0.717) is 48.1 Å². The van der Waals surface area contributed by atoms with Gasteiger partial charge in [0.1, 0.15) is 17.2 Å². The molecule has 6 rings (SSSR count). The van der Waals surface area contributed by atoms with Crippen LogP contribution in [0.25, 0.3) is 11.3 Å². The lowest BCUT2D eigenvalue weighted by Crippen LogP contribution is -2.57. The molecule has 47 heavy (non-hydrogen) atoms. The quantitative estimate of drug-likeness (QED) is 0.318. The zero-order valence-electron chi connectivity index (χ0n) is 26.7. The van der Waals surface area contributed by atoms with Gasteiger partial charge in [0.05, 0.1) is 31.9 Å². The minimum absolute atomic E-state index is 0.168. The number of carbonyl (C=O) groups is 3. The molecule has 3 heterocycles. The second-order valence-corrected chi connectivity index (χ2v) is 12.3. The summed E-state index contributed by atoms with van der Waals surface area (Å²) >= 11 is 0. The third kappa shape index (κ3) is 7.81. The minimum Gasteiger partial charge on any atom is -0.493 e. The van der Waals surface area contributed by atoms with Gasteiger partial charge >= 0.3 is 0 Å². The van der Waals surface area contributed by atoms with Crippen molar-refractivity contribution in [2.24, 2.45) is 5.92 Å². The highest BCUT2D eigenvalue weighted by Gasteiger charge is 2.35. The first-order valence-corrected chi connectivity index (χ1v) is 15.7. The Bertz CT molecular complexity index is 1740. The van der Waals surface area contributed by atoms with Crippen LogP contribution in [-0.4, -0.2) is 78.1 Å². The van der Waals surface area contributed by atoms with E-state index in [9.17, 15) is 14.4 Å². The molecule has 4 aromatic rings. The van der Waals surface area contributed by atoms with Crippen molar-refractivity contribution < 1.29 is 33.1 Å². The maximum atomic E-state index is 13.5. The molecule has 2 aliphatic heterocycles. The normalized spacial score (nSPS) is 18.7. The zero-order chi connectivity index (χ0) is 32.9. The van der Waals surface area contributed by atoms with Crippen LogP contribution in [-0.2, 0) is 16.1 Å². The number of fused-ring (bicyclic) bond motifs is 5. The first kappa shape index (κ1) is 31.8. The van der Waals surface area contributed by atoms with Crippen molar-refractivity contribution in [1.29, 1.82) is 0 Å². The molecule has 2 atom stereocenters. The topological polar surface area (TPSA) is 123 Å². The number of aromatic nitrogens is 1. The van der Waals surface area contributed by atoms with Crippen LogP contribution in [0.2, 0.25) is 0 Å². The van der Waals surface area contributed by atoms with Gasteiger partial charge in [-0.1, -0.05) is 61.5 Å². The van der Waals surface area contributed by atoms with E-state index in [1.807, 2.05) is 68.4 Å². The Morgan fingerprint density at radius 1 is 1.00 bits per heavy atom. The van der Waals surface area contributed by atoms with E-state index >= 15 is 0 Å². The summed E-state index contributed by atoms with van der Waals surface area (Å²) in [7, 11) is 1.58. The van der Waals surface area contributed by atoms with E-state index < -0.39 is 6.10 Å². The van der Waals surface area contributed by atoms with E-state index in [2.05, 4.69) is 10.5 Å². The average molecular weight is 639 g/mol. The molecule has 1 fully saturated rings. The number of likely N-dealkylation sites (N-methyl/N-ethyl adjacent to an activating group) is 1. The van der Waals surface area contributed by atoms with E-state index in [1.54, 1.807) is 36.2 Å². The molecule has 244 valence electrons. The summed E-state index contributed by atoms with van der Waals surface area (Å²) in [4.78, 5) is 43.3. The summed E-state index contributed by atoms with van der Waals surface area (Å²) in [5, 5.41) is 7.09. The molecule has 11 nitrogen and oxygen atoms in total. The lowest BCUT2D eigenvalue weighted by molar-refractivity contribution is -0.124. The number of hydrogen-bond donors (Lipinski definition) is 1. The molecule has 1 aromatic heterocycles. The van der Waals surface area contributed by atoms with Crippen LogP contribution in [0.4, 0.5) is 0 Å². The number of ether oxygens (including phenoxy) is 3. The molecule has 0 radical (unpaired) electrons. The Hall–Kier alpha value is -5.16. The molecule has 2 aliphatic rings. The van der Waals surface area contributed by atoms with Crippen molar-refractivity contribution >= 4 is 17.7 Å². The van der Waals surface area contributed by atoms with Gasteiger partial charge in [-0.3, -0.25) is 14.4 Å². The van der Waals surface area contributed by atoms with Gasteiger partial charge in [0.2, 0.25) is 5.91 Å². The summed E-state index contributed by atoms with van der Waals surface area (Å²) in [6.45, 7) is 5.22. The zero-order valence-corrected chi connectivity index (χ0v) is 26.7. The van der Waals surface area contributed by atoms with Crippen molar-refractivity contribution in [2.75, 3.05) is 33.3 Å². The molecule has 1 saturated heterocycles. The second-order valence-electron chi connectivity index (χ2n) is 12.3. The fourth-order valence-corrected chi connectivity index (χ4v) is 5.61. The lowest BCUT2D eigenvalue weighted by Gasteiger charge is -2.38. The average Bonchev–Trinajstić information content (AvgIpc) is 3.57. The summed E-state index contributed by atoms with van der Waals surface area (Å²) in [6.07, 6.45) is -0.0747. The Balaban J connectivity index is 1.23. The van der Waals surface area contributed by atoms with E-state index in [-0.39, 0.29) is 55.1 Å². The molecule has 3 aromatic carbocycles. The van der Waals surface area contributed by atoms with Crippen LogP contribution >= 0.6 is 0 Å². The standard InChI is InChI=1S/C36H38N4O7/c1-23(2)21-44-28-15-26-16-29(17-28)46-27-11-7-8-24(14-27)22-45-33-19-40(13-12-30(33)37-34(41)20-39(3)35(26)42)36(43)31-18-32(47-38-31)25-9-5-4-6-10-25/h4-11,14-18,23,30,33H,12-13,19-22H2,1-3H3,(H,37,41)/t30-,33-/m0/s1. The first-order valence-electron chi connectivity index (χ1n) is 15.7. The molecule has 0 aliphatic carbocycles. The summed E-state index contributed by atoms with van der Waals surface area (Å²) in [5.41, 5.74) is 2.21. The fraction of sp³-hybridized carbons (Fsp3) is 0.333. The molecule has 4 bridgehead atoms. The van der Waals surface area contributed by atoms with Crippen molar-refractivity contribution in [3.8, 4) is 28.6 Å². The van der Waals surface area contributed by atoms with E-state index in [4.69, 9.17) is 18.7 Å². The van der Waals surface area contributed by atoms with Gasteiger partial charge in [0, 0.05) is 43.4 Å². The van der Waals surface area contributed by atoms with Gasteiger partial charge in [-0.2, -0.15) is 0 Å². The highest BCUT2D eigenvalue weighted by molar-refractivity contribution is 5.97. The number of hydrogen-bond acceptors (Lipinski definition) is 8. The molecule has 0 saturated carbocycles. The number of rotatable bonds is 5. The number of nitrogens with zero attached hydrogens (tertiary/aromatic N) is 3. The Kier molecular flexibility index (Phi) is 9.53. The predicted octanol–water partition coefficient (Wildman–Crippen LogP) is 5.17. The number of benzene rings is 3. The van der Waals surface area contributed by atoms with E-state index in [0.717, 1.165) is 11.1 Å². The van der Waals surface area contributed by atoms with Crippen molar-refractivity contribution in [2.45, 2.75) is 39.0 Å².